The van der Waals surface area contributed by atoms with Gasteiger partial charge in [-0.2, -0.15) is 0 Å². The van der Waals surface area contributed by atoms with Crippen molar-refractivity contribution in [2.45, 2.75) is 6.54 Å². The van der Waals surface area contributed by atoms with Gasteiger partial charge in [0, 0.05) is 18.9 Å². The largest absolute Gasteiger partial charge is 0.379 e. The van der Waals surface area contributed by atoms with Crippen LogP contribution in [0.3, 0.4) is 0 Å². The van der Waals surface area contributed by atoms with Gasteiger partial charge in [-0.15, -0.1) is 0 Å². The van der Waals surface area contributed by atoms with Crippen LogP contribution in [-0.4, -0.2) is 9.55 Å². The van der Waals surface area contributed by atoms with Gasteiger partial charge < -0.3 is 9.88 Å². The number of nitrogens with zero attached hydrogens (tertiary/aromatic N) is 2. The van der Waals surface area contributed by atoms with Crippen LogP contribution in [0.5, 0.6) is 0 Å². The Bertz CT molecular complexity index is 630. The summed E-state index contributed by atoms with van der Waals surface area (Å²) in [6, 6.07) is 18.6. The molecule has 2 aromatic carbocycles. The van der Waals surface area contributed by atoms with E-state index in [0.717, 1.165) is 17.9 Å². The lowest BCUT2D eigenvalue weighted by Gasteiger charge is -2.12. The lowest BCUT2D eigenvalue weighted by Crippen LogP contribution is -2.03. The average Bonchev–Trinajstić information content (AvgIpc) is 3.01. The van der Waals surface area contributed by atoms with Crippen LogP contribution in [0.2, 0.25) is 0 Å². The molecule has 1 aromatic heterocycles. The molecule has 3 rings (SSSR count). The Balaban J connectivity index is 1.82. The van der Waals surface area contributed by atoms with Gasteiger partial charge in [0.2, 0.25) is 0 Å². The monoisotopic (exact) mass is 249 g/mol. The predicted molar refractivity (Wildman–Crippen MR) is 77.3 cm³/mol. The summed E-state index contributed by atoms with van der Waals surface area (Å²) in [4.78, 5) is 4.09. The van der Waals surface area contributed by atoms with Crippen molar-refractivity contribution in [2.24, 2.45) is 0 Å². The van der Waals surface area contributed by atoms with E-state index in [9.17, 15) is 0 Å². The summed E-state index contributed by atoms with van der Waals surface area (Å²) in [7, 11) is 0. The van der Waals surface area contributed by atoms with Crippen molar-refractivity contribution in [3.05, 3.63) is 78.9 Å². The molecule has 0 saturated carbocycles. The summed E-state index contributed by atoms with van der Waals surface area (Å²) < 4.78 is 2.01. The maximum Gasteiger partial charge on any atom is 0.0992 e. The summed E-state index contributed by atoms with van der Waals surface area (Å²) >= 11 is 0. The second-order valence-corrected chi connectivity index (χ2v) is 4.33. The molecule has 0 aliphatic heterocycles. The molecule has 19 heavy (non-hydrogen) atoms. The van der Waals surface area contributed by atoms with E-state index in [1.807, 2.05) is 35.3 Å². The quantitative estimate of drug-likeness (QED) is 0.767. The third-order valence-corrected chi connectivity index (χ3v) is 3.01. The Labute approximate surface area is 112 Å². The number of hydrogen-bond donors (Lipinski definition) is 1. The molecule has 3 heteroatoms. The van der Waals surface area contributed by atoms with Crippen LogP contribution in [0.15, 0.2) is 73.3 Å². The number of para-hydroxylation sites is 2. The summed E-state index contributed by atoms with van der Waals surface area (Å²) in [5.74, 6) is 0. The van der Waals surface area contributed by atoms with E-state index in [1.165, 1.54) is 5.56 Å². The molecule has 0 aliphatic rings. The smallest absolute Gasteiger partial charge is 0.0992 e. The molecule has 1 heterocycles. The molecule has 0 bridgehead atoms. The van der Waals surface area contributed by atoms with Crippen LogP contribution in [0.25, 0.3) is 5.69 Å². The molecule has 0 atom stereocenters. The van der Waals surface area contributed by atoms with Gasteiger partial charge in [-0.1, -0.05) is 42.5 Å². The highest BCUT2D eigenvalue weighted by Gasteiger charge is 2.02. The Hall–Kier alpha value is -2.55. The maximum atomic E-state index is 4.09. The number of hydrogen-bond acceptors (Lipinski definition) is 2. The maximum absolute atomic E-state index is 4.09. The van der Waals surface area contributed by atoms with Gasteiger partial charge in [0.15, 0.2) is 0 Å². The standard InChI is InChI=1S/C16H15N3/c1-2-6-14(7-3-1)12-18-15-8-4-5-9-16(15)19-11-10-17-13-19/h1-11,13,18H,12H2. The normalized spacial score (nSPS) is 10.3. The molecule has 1 N–H and O–H groups in total. The van der Waals surface area contributed by atoms with E-state index in [2.05, 4.69) is 46.7 Å². The highest BCUT2D eigenvalue weighted by atomic mass is 15.0. The van der Waals surface area contributed by atoms with Crippen LogP contribution in [0.1, 0.15) is 5.56 Å². The van der Waals surface area contributed by atoms with E-state index in [4.69, 9.17) is 0 Å². The SMILES string of the molecule is c1ccc(CNc2ccccc2-n2ccnc2)cc1. The lowest BCUT2D eigenvalue weighted by atomic mass is 10.2. The molecule has 0 fully saturated rings. The number of aromatic nitrogens is 2. The molecule has 3 aromatic rings. The first-order chi connectivity index (χ1) is 9.43. The van der Waals surface area contributed by atoms with Gasteiger partial charge in [0.1, 0.15) is 0 Å². The highest BCUT2D eigenvalue weighted by molar-refractivity contribution is 5.61. The number of nitrogens with one attached hydrogen (secondary N) is 1. The minimum Gasteiger partial charge on any atom is -0.379 e. The number of anilines is 1. The van der Waals surface area contributed by atoms with Gasteiger partial charge in [-0.3, -0.25) is 0 Å². The Morgan fingerprint density at radius 3 is 2.53 bits per heavy atom. The zero-order chi connectivity index (χ0) is 12.9. The molecule has 0 aliphatic carbocycles. The van der Waals surface area contributed by atoms with Crippen LogP contribution in [-0.2, 0) is 6.54 Å². The molecule has 0 amide bonds. The van der Waals surface area contributed by atoms with Gasteiger partial charge in [0.05, 0.1) is 17.7 Å². The zero-order valence-corrected chi connectivity index (χ0v) is 10.5. The fraction of sp³-hybridized carbons (Fsp3) is 0.0625. The summed E-state index contributed by atoms with van der Waals surface area (Å²) in [5.41, 5.74) is 3.48. The molecule has 0 saturated heterocycles. The molecule has 94 valence electrons. The number of imidazole rings is 1. The number of rotatable bonds is 4. The van der Waals surface area contributed by atoms with E-state index in [-0.39, 0.29) is 0 Å². The highest BCUT2D eigenvalue weighted by Crippen LogP contribution is 2.20. The van der Waals surface area contributed by atoms with Crippen molar-refractivity contribution in [1.29, 1.82) is 0 Å². The molecular formula is C16H15N3. The van der Waals surface area contributed by atoms with E-state index < -0.39 is 0 Å². The van der Waals surface area contributed by atoms with Crippen molar-refractivity contribution in [3.63, 3.8) is 0 Å². The Morgan fingerprint density at radius 2 is 1.74 bits per heavy atom. The van der Waals surface area contributed by atoms with E-state index >= 15 is 0 Å². The first kappa shape index (κ1) is 11.5. The second kappa shape index (κ2) is 5.40. The molecule has 0 unspecified atom stereocenters. The van der Waals surface area contributed by atoms with Gasteiger partial charge in [-0.25, -0.2) is 4.98 Å². The molecule has 3 nitrogen and oxygen atoms in total. The first-order valence-electron chi connectivity index (χ1n) is 6.28. The van der Waals surface area contributed by atoms with Crippen molar-refractivity contribution >= 4 is 5.69 Å². The van der Waals surface area contributed by atoms with Crippen molar-refractivity contribution < 1.29 is 0 Å². The third-order valence-electron chi connectivity index (χ3n) is 3.01. The van der Waals surface area contributed by atoms with Crippen LogP contribution in [0.4, 0.5) is 5.69 Å². The summed E-state index contributed by atoms with van der Waals surface area (Å²) in [5, 5.41) is 3.47. The number of benzene rings is 2. The van der Waals surface area contributed by atoms with Gasteiger partial charge in [-0.05, 0) is 17.7 Å². The predicted octanol–water partition coefficient (Wildman–Crippen LogP) is 3.48. The molecule has 0 radical (unpaired) electrons. The zero-order valence-electron chi connectivity index (χ0n) is 10.5. The lowest BCUT2D eigenvalue weighted by molar-refractivity contribution is 1.04. The van der Waals surface area contributed by atoms with Crippen LogP contribution < -0.4 is 5.32 Å². The first-order valence-corrected chi connectivity index (χ1v) is 6.28. The summed E-state index contributed by atoms with van der Waals surface area (Å²) in [6.07, 6.45) is 5.54. The fourth-order valence-corrected chi connectivity index (χ4v) is 2.04. The van der Waals surface area contributed by atoms with E-state index in [1.54, 1.807) is 6.20 Å². The molecular weight excluding hydrogens is 234 g/mol. The minimum atomic E-state index is 0.812. The van der Waals surface area contributed by atoms with Crippen molar-refractivity contribution in [3.8, 4) is 5.69 Å². The van der Waals surface area contributed by atoms with Crippen molar-refractivity contribution in [1.82, 2.24) is 9.55 Å². The Morgan fingerprint density at radius 1 is 0.947 bits per heavy atom. The van der Waals surface area contributed by atoms with Crippen LogP contribution >= 0.6 is 0 Å². The topological polar surface area (TPSA) is 29.9 Å². The van der Waals surface area contributed by atoms with Crippen molar-refractivity contribution in [2.75, 3.05) is 5.32 Å². The average molecular weight is 249 g/mol. The molecule has 0 spiro atoms. The fourth-order valence-electron chi connectivity index (χ4n) is 2.04. The van der Waals surface area contributed by atoms with E-state index in [0.29, 0.717) is 0 Å². The van der Waals surface area contributed by atoms with Gasteiger partial charge >= 0.3 is 0 Å². The Kier molecular flexibility index (Phi) is 3.28. The second-order valence-electron chi connectivity index (χ2n) is 4.33. The van der Waals surface area contributed by atoms with Crippen LogP contribution in [0, 0.1) is 0 Å². The summed E-state index contributed by atoms with van der Waals surface area (Å²) in [6.45, 7) is 0.812. The van der Waals surface area contributed by atoms with Gasteiger partial charge in [0.25, 0.3) is 0 Å². The minimum absolute atomic E-state index is 0.812. The third kappa shape index (κ3) is 2.65.